The van der Waals surface area contributed by atoms with Crippen molar-refractivity contribution >= 4 is 11.3 Å². The highest BCUT2D eigenvalue weighted by molar-refractivity contribution is 7.15. The third-order valence-corrected chi connectivity index (χ3v) is 4.58. The predicted molar refractivity (Wildman–Crippen MR) is 87.1 cm³/mol. The van der Waals surface area contributed by atoms with Gasteiger partial charge in [0.2, 0.25) is 0 Å². The van der Waals surface area contributed by atoms with Crippen molar-refractivity contribution < 1.29 is 0 Å². The Kier molecular flexibility index (Phi) is 3.35. The molecule has 0 aliphatic carbocycles. The van der Waals surface area contributed by atoms with E-state index in [2.05, 4.69) is 43.6 Å². The highest BCUT2D eigenvalue weighted by atomic mass is 32.1. The van der Waals surface area contributed by atoms with E-state index >= 15 is 0 Å². The number of nitrogens with zero attached hydrogens (tertiary/aromatic N) is 4. The van der Waals surface area contributed by atoms with Gasteiger partial charge in [-0.05, 0) is 17.7 Å². The van der Waals surface area contributed by atoms with E-state index in [4.69, 9.17) is 0 Å². The molecule has 0 fully saturated rings. The number of aromatic nitrogens is 6. The molecule has 0 aliphatic rings. The molecule has 1 aromatic carbocycles. The van der Waals surface area contributed by atoms with E-state index in [9.17, 15) is 4.79 Å². The standard InChI is InChI=1S/C15H12N6OS/c22-15-20-18-9-21(15)7-12-5-6-13(23-12)10-1-3-11(4-2-10)14-16-8-17-19-14/h1-6,8-9H,7H2,(H,20,22)(H,16,17,19). The van der Waals surface area contributed by atoms with Crippen molar-refractivity contribution in [2.24, 2.45) is 0 Å². The highest BCUT2D eigenvalue weighted by Gasteiger charge is 2.06. The second kappa shape index (κ2) is 5.65. The van der Waals surface area contributed by atoms with Gasteiger partial charge in [0.25, 0.3) is 0 Å². The summed E-state index contributed by atoms with van der Waals surface area (Å²) in [4.78, 5) is 17.9. The van der Waals surface area contributed by atoms with Crippen molar-refractivity contribution in [3.63, 3.8) is 0 Å². The maximum absolute atomic E-state index is 11.5. The number of aromatic amines is 2. The number of nitrogens with one attached hydrogen (secondary N) is 2. The fourth-order valence-corrected chi connectivity index (χ4v) is 3.32. The minimum Gasteiger partial charge on any atom is -0.276 e. The Hall–Kier alpha value is -3.00. The molecule has 2 N–H and O–H groups in total. The molecule has 0 atom stereocenters. The van der Waals surface area contributed by atoms with Gasteiger partial charge >= 0.3 is 5.69 Å². The normalized spacial score (nSPS) is 11.0. The smallest absolute Gasteiger partial charge is 0.276 e. The summed E-state index contributed by atoms with van der Waals surface area (Å²) in [7, 11) is 0. The summed E-state index contributed by atoms with van der Waals surface area (Å²) in [6.07, 6.45) is 3.00. The highest BCUT2D eigenvalue weighted by Crippen LogP contribution is 2.29. The van der Waals surface area contributed by atoms with E-state index in [1.54, 1.807) is 15.9 Å². The number of rotatable bonds is 4. The van der Waals surface area contributed by atoms with Crippen LogP contribution in [0.15, 0.2) is 53.8 Å². The van der Waals surface area contributed by atoms with E-state index in [1.807, 2.05) is 18.2 Å². The molecule has 23 heavy (non-hydrogen) atoms. The van der Waals surface area contributed by atoms with Crippen molar-refractivity contribution in [1.29, 1.82) is 0 Å². The topological polar surface area (TPSA) is 92.2 Å². The van der Waals surface area contributed by atoms with Crippen LogP contribution in [0.2, 0.25) is 0 Å². The lowest BCUT2D eigenvalue weighted by Crippen LogP contribution is -2.16. The van der Waals surface area contributed by atoms with Gasteiger partial charge in [-0.15, -0.1) is 11.3 Å². The van der Waals surface area contributed by atoms with E-state index in [-0.39, 0.29) is 5.69 Å². The molecule has 4 aromatic rings. The number of H-pyrrole nitrogens is 2. The Morgan fingerprint density at radius 2 is 1.83 bits per heavy atom. The third kappa shape index (κ3) is 2.71. The molecule has 0 spiro atoms. The SMILES string of the molecule is O=c1[nH]ncn1Cc1ccc(-c2ccc(-c3ncn[nH]3)cc2)s1. The molecule has 0 saturated heterocycles. The molecular formula is C15H12N6OS. The van der Waals surface area contributed by atoms with Crippen molar-refractivity contribution in [3.8, 4) is 21.8 Å². The second-order valence-electron chi connectivity index (χ2n) is 4.97. The summed E-state index contributed by atoms with van der Waals surface area (Å²) in [5.74, 6) is 0.753. The van der Waals surface area contributed by atoms with Crippen LogP contribution in [0.1, 0.15) is 4.88 Å². The van der Waals surface area contributed by atoms with Crippen LogP contribution in [0.3, 0.4) is 0 Å². The molecule has 0 aliphatic heterocycles. The van der Waals surface area contributed by atoms with Crippen molar-refractivity contribution in [2.75, 3.05) is 0 Å². The van der Waals surface area contributed by atoms with Crippen LogP contribution in [-0.4, -0.2) is 29.9 Å². The predicted octanol–water partition coefficient (Wildman–Crippen LogP) is 2.13. The first kappa shape index (κ1) is 13.6. The number of hydrogen-bond acceptors (Lipinski definition) is 5. The maximum atomic E-state index is 11.5. The zero-order valence-corrected chi connectivity index (χ0v) is 12.7. The van der Waals surface area contributed by atoms with Crippen LogP contribution in [0.5, 0.6) is 0 Å². The maximum Gasteiger partial charge on any atom is 0.343 e. The fourth-order valence-electron chi connectivity index (χ4n) is 2.31. The van der Waals surface area contributed by atoms with Gasteiger partial charge in [0.15, 0.2) is 5.82 Å². The van der Waals surface area contributed by atoms with Gasteiger partial charge in [-0.3, -0.25) is 9.67 Å². The molecule has 0 unspecified atom stereocenters. The second-order valence-corrected chi connectivity index (χ2v) is 6.14. The van der Waals surface area contributed by atoms with Crippen molar-refractivity contribution in [3.05, 3.63) is 64.4 Å². The van der Waals surface area contributed by atoms with Crippen molar-refractivity contribution in [2.45, 2.75) is 6.54 Å². The van der Waals surface area contributed by atoms with Crippen LogP contribution in [-0.2, 0) is 6.54 Å². The minimum absolute atomic E-state index is 0.198. The van der Waals surface area contributed by atoms with E-state index < -0.39 is 0 Å². The first-order chi connectivity index (χ1) is 11.3. The van der Waals surface area contributed by atoms with Crippen LogP contribution < -0.4 is 5.69 Å². The third-order valence-electron chi connectivity index (χ3n) is 3.46. The number of thiophene rings is 1. The molecular weight excluding hydrogens is 312 g/mol. The van der Waals surface area contributed by atoms with Crippen LogP contribution in [0.4, 0.5) is 0 Å². The van der Waals surface area contributed by atoms with E-state index in [1.165, 1.54) is 12.7 Å². The van der Waals surface area contributed by atoms with E-state index in [0.29, 0.717) is 6.54 Å². The Labute approximate surface area is 134 Å². The van der Waals surface area contributed by atoms with Gasteiger partial charge < -0.3 is 0 Å². The summed E-state index contributed by atoms with van der Waals surface area (Å²) in [5, 5.41) is 12.8. The zero-order chi connectivity index (χ0) is 15.6. The first-order valence-corrected chi connectivity index (χ1v) is 7.76. The Morgan fingerprint density at radius 1 is 1.00 bits per heavy atom. The summed E-state index contributed by atoms with van der Waals surface area (Å²) in [6, 6.07) is 12.2. The largest absolute Gasteiger partial charge is 0.343 e. The van der Waals surface area contributed by atoms with Crippen molar-refractivity contribution in [1.82, 2.24) is 29.9 Å². The summed E-state index contributed by atoms with van der Waals surface area (Å²) < 4.78 is 1.54. The number of hydrogen-bond donors (Lipinski definition) is 2. The van der Waals surface area contributed by atoms with Gasteiger partial charge in [-0.25, -0.2) is 14.9 Å². The van der Waals surface area contributed by atoms with E-state index in [0.717, 1.165) is 26.7 Å². The molecule has 3 aromatic heterocycles. The lowest BCUT2D eigenvalue weighted by molar-refractivity contribution is 0.772. The molecule has 114 valence electrons. The van der Waals surface area contributed by atoms with Gasteiger partial charge in [-0.2, -0.15) is 10.2 Å². The van der Waals surface area contributed by atoms with Gasteiger partial charge in [0.05, 0.1) is 6.54 Å². The summed E-state index contributed by atoms with van der Waals surface area (Å²) >= 11 is 1.66. The monoisotopic (exact) mass is 324 g/mol. The Balaban J connectivity index is 1.57. The van der Waals surface area contributed by atoms with Crippen LogP contribution >= 0.6 is 11.3 Å². The zero-order valence-electron chi connectivity index (χ0n) is 11.9. The lowest BCUT2D eigenvalue weighted by atomic mass is 10.1. The molecule has 0 bridgehead atoms. The fraction of sp³-hybridized carbons (Fsp3) is 0.0667. The van der Waals surface area contributed by atoms with Gasteiger partial charge in [0.1, 0.15) is 12.7 Å². The average Bonchev–Trinajstić information content (AvgIpc) is 3.31. The summed E-state index contributed by atoms with van der Waals surface area (Å²) in [5.41, 5.74) is 1.92. The quantitative estimate of drug-likeness (QED) is 0.601. The lowest BCUT2D eigenvalue weighted by Gasteiger charge is -2.00. The molecule has 4 rings (SSSR count). The molecule has 7 nitrogen and oxygen atoms in total. The Bertz CT molecular complexity index is 964. The minimum atomic E-state index is -0.198. The van der Waals surface area contributed by atoms with Crippen LogP contribution in [0, 0.1) is 0 Å². The van der Waals surface area contributed by atoms with Gasteiger partial charge in [-0.1, -0.05) is 24.3 Å². The number of benzene rings is 1. The molecule has 0 amide bonds. The molecule has 8 heteroatoms. The van der Waals surface area contributed by atoms with Gasteiger partial charge in [0, 0.05) is 15.3 Å². The molecule has 3 heterocycles. The molecule has 0 saturated carbocycles. The first-order valence-electron chi connectivity index (χ1n) is 6.94. The Morgan fingerprint density at radius 3 is 2.52 bits per heavy atom. The summed E-state index contributed by atoms with van der Waals surface area (Å²) in [6.45, 7) is 0.524. The average molecular weight is 324 g/mol. The van der Waals surface area contributed by atoms with Crippen LogP contribution in [0.25, 0.3) is 21.8 Å². The molecule has 0 radical (unpaired) electrons.